The monoisotopic (exact) mass is 263 g/mol. The van der Waals surface area contributed by atoms with Gasteiger partial charge in [-0.2, -0.15) is 0 Å². The molecule has 0 spiro atoms. The van der Waals surface area contributed by atoms with Gasteiger partial charge in [-0.15, -0.1) is 0 Å². The van der Waals surface area contributed by atoms with Crippen molar-refractivity contribution in [3.63, 3.8) is 0 Å². The molecule has 104 valence electrons. The highest BCUT2D eigenvalue weighted by molar-refractivity contribution is 6.01. The molecule has 1 rings (SSSR count). The van der Waals surface area contributed by atoms with E-state index in [0.29, 0.717) is 17.8 Å². The molecular weight excluding hydrogens is 242 g/mol. The largest absolute Gasteiger partial charge is 0.398 e. The van der Waals surface area contributed by atoms with Crippen molar-refractivity contribution < 1.29 is 9.59 Å². The lowest BCUT2D eigenvalue weighted by Gasteiger charge is -2.22. The van der Waals surface area contributed by atoms with Crippen molar-refractivity contribution in [1.82, 2.24) is 10.2 Å². The molecule has 0 unspecified atom stereocenters. The summed E-state index contributed by atoms with van der Waals surface area (Å²) in [5.74, 6) is -0.380. The van der Waals surface area contributed by atoms with E-state index in [-0.39, 0.29) is 18.4 Å². The van der Waals surface area contributed by atoms with Gasteiger partial charge >= 0.3 is 0 Å². The number of hydrogen-bond acceptors (Lipinski definition) is 3. The maximum atomic E-state index is 12.5. The van der Waals surface area contributed by atoms with Gasteiger partial charge in [-0.25, -0.2) is 0 Å². The first-order valence-electron chi connectivity index (χ1n) is 6.36. The summed E-state index contributed by atoms with van der Waals surface area (Å²) in [6.45, 7) is 4.38. The van der Waals surface area contributed by atoms with Gasteiger partial charge in [0.15, 0.2) is 0 Å². The van der Waals surface area contributed by atoms with E-state index in [0.717, 1.165) is 12.0 Å². The minimum absolute atomic E-state index is 0.0525. The van der Waals surface area contributed by atoms with Gasteiger partial charge < -0.3 is 16.0 Å². The van der Waals surface area contributed by atoms with Crippen molar-refractivity contribution in [3.05, 3.63) is 29.3 Å². The predicted octanol–water partition coefficient (Wildman–Crippen LogP) is 1.18. The van der Waals surface area contributed by atoms with Crippen LogP contribution in [0.4, 0.5) is 5.69 Å². The number of nitrogens with two attached hydrogens (primary N) is 1. The number of anilines is 1. The van der Waals surface area contributed by atoms with E-state index in [1.807, 2.05) is 26.0 Å². The van der Waals surface area contributed by atoms with Gasteiger partial charge in [0.1, 0.15) is 0 Å². The van der Waals surface area contributed by atoms with Crippen LogP contribution in [0.1, 0.15) is 29.3 Å². The fraction of sp³-hybridized carbons (Fsp3) is 0.429. The maximum Gasteiger partial charge on any atom is 0.256 e. The number of amides is 2. The summed E-state index contributed by atoms with van der Waals surface area (Å²) in [7, 11) is 1.55. The van der Waals surface area contributed by atoms with Crippen LogP contribution in [0.3, 0.4) is 0 Å². The molecule has 0 radical (unpaired) electrons. The highest BCUT2D eigenvalue weighted by atomic mass is 16.2. The number of aryl methyl sites for hydroxylation is 1. The molecule has 0 aliphatic carbocycles. The van der Waals surface area contributed by atoms with Gasteiger partial charge in [-0.1, -0.05) is 19.1 Å². The third kappa shape index (κ3) is 3.71. The molecule has 0 saturated carbocycles. The second kappa shape index (κ2) is 6.78. The summed E-state index contributed by atoms with van der Waals surface area (Å²) in [5, 5.41) is 2.53. The van der Waals surface area contributed by atoms with Gasteiger partial charge in [-0.05, 0) is 25.0 Å². The summed E-state index contributed by atoms with van der Waals surface area (Å²) in [4.78, 5) is 25.5. The second-order valence-electron chi connectivity index (χ2n) is 4.44. The first-order chi connectivity index (χ1) is 9.01. The van der Waals surface area contributed by atoms with E-state index in [9.17, 15) is 9.59 Å². The molecule has 0 atom stereocenters. The van der Waals surface area contributed by atoms with E-state index in [2.05, 4.69) is 5.32 Å². The third-order valence-corrected chi connectivity index (χ3v) is 2.91. The molecule has 19 heavy (non-hydrogen) atoms. The Morgan fingerprint density at radius 3 is 2.58 bits per heavy atom. The molecule has 5 nitrogen and oxygen atoms in total. The van der Waals surface area contributed by atoms with Crippen molar-refractivity contribution in [2.75, 3.05) is 25.9 Å². The van der Waals surface area contributed by atoms with Crippen LogP contribution in [-0.2, 0) is 4.79 Å². The fourth-order valence-electron chi connectivity index (χ4n) is 1.92. The summed E-state index contributed by atoms with van der Waals surface area (Å²) in [5.41, 5.74) is 7.63. The van der Waals surface area contributed by atoms with Crippen LogP contribution in [0.2, 0.25) is 0 Å². The zero-order valence-electron chi connectivity index (χ0n) is 11.7. The lowest BCUT2D eigenvalue weighted by molar-refractivity contribution is -0.121. The van der Waals surface area contributed by atoms with Crippen LogP contribution >= 0.6 is 0 Å². The average Bonchev–Trinajstić information content (AvgIpc) is 2.37. The molecule has 0 heterocycles. The standard InChI is InChI=1S/C14H21N3O2/c1-4-8-17(9-12(18)16-3)14(19)13-10(2)6-5-7-11(13)15/h5-7H,4,8-9,15H2,1-3H3,(H,16,18). The van der Waals surface area contributed by atoms with Crippen LogP contribution in [0.5, 0.6) is 0 Å². The quantitative estimate of drug-likeness (QED) is 0.783. The lowest BCUT2D eigenvalue weighted by Crippen LogP contribution is -2.40. The maximum absolute atomic E-state index is 12.5. The first kappa shape index (κ1) is 15.0. The Bertz CT molecular complexity index is 452. The first-order valence-corrected chi connectivity index (χ1v) is 6.36. The predicted molar refractivity (Wildman–Crippen MR) is 75.9 cm³/mol. The van der Waals surface area contributed by atoms with Crippen LogP contribution in [0, 0.1) is 6.92 Å². The number of benzene rings is 1. The van der Waals surface area contributed by atoms with E-state index >= 15 is 0 Å². The van der Waals surface area contributed by atoms with Crippen molar-refractivity contribution in [2.24, 2.45) is 0 Å². The second-order valence-corrected chi connectivity index (χ2v) is 4.44. The topological polar surface area (TPSA) is 75.4 Å². The van der Waals surface area contributed by atoms with Gasteiger partial charge in [0.25, 0.3) is 5.91 Å². The minimum Gasteiger partial charge on any atom is -0.398 e. The van der Waals surface area contributed by atoms with E-state index in [4.69, 9.17) is 5.73 Å². The van der Waals surface area contributed by atoms with Gasteiger partial charge in [0.2, 0.25) is 5.91 Å². The molecule has 1 aromatic carbocycles. The van der Waals surface area contributed by atoms with Crippen LogP contribution in [0.25, 0.3) is 0 Å². The number of carbonyl (C=O) groups is 2. The molecule has 5 heteroatoms. The summed E-state index contributed by atoms with van der Waals surface area (Å²) < 4.78 is 0. The molecular formula is C14H21N3O2. The Hall–Kier alpha value is -2.04. The Labute approximate surface area is 113 Å². The molecule has 0 aliphatic rings. The molecule has 2 amide bonds. The molecule has 1 aromatic rings. The summed E-state index contributed by atoms with van der Waals surface area (Å²) in [6, 6.07) is 5.35. The number of likely N-dealkylation sites (N-methyl/N-ethyl adjacent to an activating group) is 1. The highest BCUT2D eigenvalue weighted by Crippen LogP contribution is 2.18. The third-order valence-electron chi connectivity index (χ3n) is 2.91. The van der Waals surface area contributed by atoms with Crippen LogP contribution < -0.4 is 11.1 Å². The number of carbonyl (C=O) groups excluding carboxylic acids is 2. The molecule has 3 N–H and O–H groups in total. The van der Waals surface area contributed by atoms with E-state index < -0.39 is 0 Å². The smallest absolute Gasteiger partial charge is 0.256 e. The van der Waals surface area contributed by atoms with Crippen molar-refractivity contribution >= 4 is 17.5 Å². The van der Waals surface area contributed by atoms with Crippen LogP contribution in [-0.4, -0.2) is 36.9 Å². The van der Waals surface area contributed by atoms with Crippen molar-refractivity contribution in [2.45, 2.75) is 20.3 Å². The normalized spacial score (nSPS) is 10.1. The van der Waals surface area contributed by atoms with Crippen molar-refractivity contribution in [3.8, 4) is 0 Å². The van der Waals surface area contributed by atoms with Crippen molar-refractivity contribution in [1.29, 1.82) is 0 Å². The van der Waals surface area contributed by atoms with E-state index in [1.165, 1.54) is 4.90 Å². The number of hydrogen-bond donors (Lipinski definition) is 2. The molecule has 0 fully saturated rings. The van der Waals surface area contributed by atoms with Gasteiger partial charge in [0, 0.05) is 19.3 Å². The average molecular weight is 263 g/mol. The number of nitrogens with one attached hydrogen (secondary N) is 1. The Balaban J connectivity index is 3.02. The van der Waals surface area contributed by atoms with Crippen LogP contribution in [0.15, 0.2) is 18.2 Å². The number of nitrogens with zero attached hydrogens (tertiary/aromatic N) is 1. The molecule has 0 bridgehead atoms. The number of nitrogen functional groups attached to an aromatic ring is 1. The fourth-order valence-corrected chi connectivity index (χ4v) is 1.92. The minimum atomic E-state index is -0.193. The lowest BCUT2D eigenvalue weighted by atomic mass is 10.1. The molecule has 0 aromatic heterocycles. The highest BCUT2D eigenvalue weighted by Gasteiger charge is 2.21. The SMILES string of the molecule is CCCN(CC(=O)NC)C(=O)c1c(C)cccc1N. The Morgan fingerprint density at radius 1 is 1.37 bits per heavy atom. The Kier molecular flexibility index (Phi) is 5.36. The molecule has 0 saturated heterocycles. The van der Waals surface area contributed by atoms with E-state index in [1.54, 1.807) is 13.1 Å². The zero-order chi connectivity index (χ0) is 14.4. The number of rotatable bonds is 5. The summed E-state index contributed by atoms with van der Waals surface area (Å²) >= 11 is 0. The summed E-state index contributed by atoms with van der Waals surface area (Å²) in [6.07, 6.45) is 0.786. The molecule has 0 aliphatic heterocycles. The zero-order valence-corrected chi connectivity index (χ0v) is 11.7. The Morgan fingerprint density at radius 2 is 2.05 bits per heavy atom. The van der Waals surface area contributed by atoms with Gasteiger partial charge in [0.05, 0.1) is 12.1 Å². The van der Waals surface area contributed by atoms with Gasteiger partial charge in [-0.3, -0.25) is 9.59 Å².